The van der Waals surface area contributed by atoms with Gasteiger partial charge in [0.2, 0.25) is 10.0 Å². The lowest BCUT2D eigenvalue weighted by Gasteiger charge is -2.08. The molecule has 2 N–H and O–H groups in total. The van der Waals surface area contributed by atoms with Gasteiger partial charge in [-0.3, -0.25) is 18.9 Å². The van der Waals surface area contributed by atoms with Crippen LogP contribution >= 0.6 is 0 Å². The Hall–Kier alpha value is -3.31. The van der Waals surface area contributed by atoms with E-state index < -0.39 is 21.3 Å². The van der Waals surface area contributed by atoms with Gasteiger partial charge in [0, 0.05) is 38.6 Å². The van der Waals surface area contributed by atoms with Crippen LogP contribution in [0.3, 0.4) is 0 Å². The molecule has 0 aliphatic heterocycles. The summed E-state index contributed by atoms with van der Waals surface area (Å²) in [7, 11) is -0.785. The van der Waals surface area contributed by atoms with Gasteiger partial charge < -0.3 is 4.98 Å². The van der Waals surface area contributed by atoms with Crippen molar-refractivity contribution in [1.29, 1.82) is 0 Å². The zero-order chi connectivity index (χ0) is 21.5. The molecule has 0 aliphatic rings. The first-order valence-electron chi connectivity index (χ1n) is 9.27. The van der Waals surface area contributed by atoms with E-state index in [1.54, 1.807) is 37.5 Å². The molecule has 3 heterocycles. The lowest BCUT2D eigenvalue weighted by molar-refractivity contribution is 0.579. The van der Waals surface area contributed by atoms with Gasteiger partial charge in [-0.05, 0) is 18.6 Å². The maximum Gasteiger partial charge on any atom is 0.332 e. The fourth-order valence-corrected chi connectivity index (χ4v) is 4.58. The largest absolute Gasteiger partial charge is 0.336 e. The van der Waals surface area contributed by atoms with Gasteiger partial charge in [0.15, 0.2) is 5.65 Å². The van der Waals surface area contributed by atoms with E-state index in [1.807, 2.05) is 0 Å². The van der Waals surface area contributed by atoms with Gasteiger partial charge in [-0.2, -0.15) is 0 Å². The van der Waals surface area contributed by atoms with E-state index in [0.29, 0.717) is 24.2 Å². The summed E-state index contributed by atoms with van der Waals surface area (Å²) in [4.78, 5) is 35.8. The van der Waals surface area contributed by atoms with Crippen LogP contribution in [0.5, 0.6) is 0 Å². The summed E-state index contributed by atoms with van der Waals surface area (Å²) in [6.07, 6.45) is 2.41. The zero-order valence-electron chi connectivity index (χ0n) is 16.4. The number of benzene rings is 1. The van der Waals surface area contributed by atoms with Crippen molar-refractivity contribution in [1.82, 2.24) is 28.8 Å². The van der Waals surface area contributed by atoms with E-state index in [1.165, 1.54) is 17.7 Å². The van der Waals surface area contributed by atoms with E-state index in [-0.39, 0.29) is 22.6 Å². The van der Waals surface area contributed by atoms with Crippen molar-refractivity contribution in [3.63, 3.8) is 0 Å². The van der Waals surface area contributed by atoms with Crippen LogP contribution in [0.25, 0.3) is 22.1 Å². The maximum atomic E-state index is 12.7. The molecule has 0 atom stereocenters. The first kappa shape index (κ1) is 20.0. The fourth-order valence-electron chi connectivity index (χ4n) is 3.33. The highest BCUT2D eigenvalue weighted by atomic mass is 32.2. The molecule has 1 aromatic carbocycles. The smallest absolute Gasteiger partial charge is 0.332 e. The Balaban J connectivity index is 1.49. The summed E-state index contributed by atoms with van der Waals surface area (Å²) in [6.45, 7) is 0.180. The maximum absolute atomic E-state index is 12.7. The number of imidazole rings is 1. The summed E-state index contributed by atoms with van der Waals surface area (Å²) < 4.78 is 30.3. The standard InChI is InChI=1S/C19H20N6O4S/c1-24-17-16(18(26)25(2)19(24)27)22-14(23-17)9-5-11-21-30(28,29)13-8-3-6-12-7-4-10-20-15(12)13/h3-4,6-8,10,21H,5,9,11H2,1-2H3,(H,22,23). The second-order valence-corrected chi connectivity index (χ2v) is 8.66. The number of rotatable bonds is 6. The molecule has 11 heteroatoms. The second-order valence-electron chi connectivity index (χ2n) is 6.92. The molecule has 0 fully saturated rings. The number of pyridine rings is 1. The van der Waals surface area contributed by atoms with Crippen molar-refractivity contribution in [2.75, 3.05) is 6.54 Å². The SMILES string of the molecule is Cn1c(=O)c2[nH]c(CCCNS(=O)(=O)c3cccc4cccnc34)nc2n(C)c1=O. The molecule has 4 rings (SSSR count). The van der Waals surface area contributed by atoms with Crippen molar-refractivity contribution in [3.8, 4) is 0 Å². The van der Waals surface area contributed by atoms with E-state index in [2.05, 4.69) is 19.7 Å². The Morgan fingerprint density at radius 1 is 1.10 bits per heavy atom. The molecule has 0 spiro atoms. The first-order valence-corrected chi connectivity index (χ1v) is 10.8. The van der Waals surface area contributed by atoms with Gasteiger partial charge in [-0.1, -0.05) is 18.2 Å². The molecule has 0 saturated heterocycles. The molecule has 0 amide bonds. The highest BCUT2D eigenvalue weighted by molar-refractivity contribution is 7.89. The predicted molar refractivity (Wildman–Crippen MR) is 112 cm³/mol. The molecule has 0 radical (unpaired) electrons. The zero-order valence-corrected chi connectivity index (χ0v) is 17.2. The van der Waals surface area contributed by atoms with E-state index in [0.717, 1.165) is 9.95 Å². The Labute approximate surface area is 171 Å². The van der Waals surface area contributed by atoms with Crippen LogP contribution in [0.2, 0.25) is 0 Å². The number of aryl methyl sites for hydroxylation is 2. The molecule has 0 bridgehead atoms. The van der Waals surface area contributed by atoms with Gasteiger partial charge >= 0.3 is 5.69 Å². The van der Waals surface area contributed by atoms with Crippen LogP contribution in [-0.4, -0.2) is 39.0 Å². The minimum atomic E-state index is -3.73. The predicted octanol–water partition coefficient (Wildman–Crippen LogP) is 0.420. The Morgan fingerprint density at radius 2 is 1.87 bits per heavy atom. The molecule has 156 valence electrons. The highest BCUT2D eigenvalue weighted by Crippen LogP contribution is 2.20. The van der Waals surface area contributed by atoms with Crippen LogP contribution in [0, 0.1) is 0 Å². The number of fused-ring (bicyclic) bond motifs is 2. The van der Waals surface area contributed by atoms with Gasteiger partial charge in [0.25, 0.3) is 5.56 Å². The number of sulfonamides is 1. The third-order valence-corrected chi connectivity index (χ3v) is 6.40. The molecule has 0 aliphatic carbocycles. The summed E-state index contributed by atoms with van der Waals surface area (Å²) in [6, 6.07) is 8.56. The average Bonchev–Trinajstić information content (AvgIpc) is 3.18. The molecule has 30 heavy (non-hydrogen) atoms. The average molecular weight is 428 g/mol. The molecule has 0 unspecified atom stereocenters. The van der Waals surface area contributed by atoms with E-state index >= 15 is 0 Å². The van der Waals surface area contributed by atoms with Crippen molar-refractivity contribution >= 4 is 32.1 Å². The summed E-state index contributed by atoms with van der Waals surface area (Å²) >= 11 is 0. The molecule has 3 aromatic heterocycles. The van der Waals surface area contributed by atoms with E-state index in [4.69, 9.17) is 0 Å². The molecular weight excluding hydrogens is 408 g/mol. The monoisotopic (exact) mass is 428 g/mol. The molecule has 0 saturated carbocycles. The third kappa shape index (κ3) is 3.42. The number of H-pyrrole nitrogens is 1. The first-order chi connectivity index (χ1) is 14.3. The van der Waals surface area contributed by atoms with Crippen molar-refractivity contribution in [2.45, 2.75) is 17.7 Å². The summed E-state index contributed by atoms with van der Waals surface area (Å²) in [5, 5.41) is 0.745. The molecule has 4 aromatic rings. The van der Waals surface area contributed by atoms with Crippen LogP contribution in [0.4, 0.5) is 0 Å². The molecular formula is C19H20N6O4S. The van der Waals surface area contributed by atoms with Crippen LogP contribution in [-0.2, 0) is 30.5 Å². The van der Waals surface area contributed by atoms with Crippen LogP contribution in [0.15, 0.2) is 51.0 Å². The number of nitrogens with one attached hydrogen (secondary N) is 2. The Morgan fingerprint density at radius 3 is 2.67 bits per heavy atom. The number of hydrogen-bond acceptors (Lipinski definition) is 6. The fraction of sp³-hybridized carbons (Fsp3) is 0.263. The lowest BCUT2D eigenvalue weighted by atomic mass is 10.2. The number of para-hydroxylation sites is 1. The van der Waals surface area contributed by atoms with Crippen LogP contribution in [0.1, 0.15) is 12.2 Å². The Bertz CT molecular complexity index is 1480. The minimum absolute atomic E-state index is 0.128. The number of hydrogen-bond donors (Lipinski definition) is 2. The third-order valence-electron chi connectivity index (χ3n) is 4.91. The minimum Gasteiger partial charge on any atom is -0.336 e. The van der Waals surface area contributed by atoms with E-state index in [9.17, 15) is 18.0 Å². The van der Waals surface area contributed by atoms with Gasteiger partial charge in [-0.15, -0.1) is 0 Å². The van der Waals surface area contributed by atoms with Gasteiger partial charge in [-0.25, -0.2) is 22.9 Å². The lowest BCUT2D eigenvalue weighted by Crippen LogP contribution is -2.36. The second kappa shape index (κ2) is 7.50. The highest BCUT2D eigenvalue weighted by Gasteiger charge is 2.18. The number of nitrogens with zero attached hydrogens (tertiary/aromatic N) is 4. The number of aromatic nitrogens is 5. The normalized spacial score (nSPS) is 12.1. The number of aromatic amines is 1. The van der Waals surface area contributed by atoms with Gasteiger partial charge in [0.05, 0.1) is 5.52 Å². The Kier molecular flexibility index (Phi) is 5.00. The van der Waals surface area contributed by atoms with Crippen LogP contribution < -0.4 is 16.0 Å². The quantitative estimate of drug-likeness (QED) is 0.428. The topological polar surface area (TPSA) is 132 Å². The summed E-state index contributed by atoms with van der Waals surface area (Å²) in [5.41, 5.74) is 0.0390. The summed E-state index contributed by atoms with van der Waals surface area (Å²) in [5.74, 6) is 0.509. The molecule has 10 nitrogen and oxygen atoms in total. The van der Waals surface area contributed by atoms with Crippen molar-refractivity contribution in [3.05, 3.63) is 63.2 Å². The van der Waals surface area contributed by atoms with Crippen molar-refractivity contribution < 1.29 is 8.42 Å². The van der Waals surface area contributed by atoms with Gasteiger partial charge in [0.1, 0.15) is 16.2 Å². The van der Waals surface area contributed by atoms with Crippen molar-refractivity contribution in [2.24, 2.45) is 14.1 Å².